The predicted octanol–water partition coefficient (Wildman–Crippen LogP) is -1.24. The van der Waals surface area contributed by atoms with E-state index in [4.69, 9.17) is 5.11 Å². The Kier molecular flexibility index (Phi) is 4.15. The maximum absolute atomic E-state index is 10.5. The van der Waals surface area contributed by atoms with E-state index in [1.54, 1.807) is 0 Å². The van der Waals surface area contributed by atoms with Gasteiger partial charge in [-0.25, -0.2) is 9.59 Å². The minimum atomic E-state index is -1.34. The molecule has 0 unspecified atom stereocenters. The van der Waals surface area contributed by atoms with E-state index in [0.29, 0.717) is 0 Å². The van der Waals surface area contributed by atoms with Crippen molar-refractivity contribution in [3.05, 3.63) is 32.6 Å². The number of carboxylic acids is 1. The summed E-state index contributed by atoms with van der Waals surface area (Å²) in [6.07, 6.45) is 0. The van der Waals surface area contributed by atoms with Crippen LogP contribution in [0.25, 0.3) is 0 Å². The maximum atomic E-state index is 10.5. The predicted molar refractivity (Wildman–Crippen MR) is 34.6 cm³/mol. The Balaban J connectivity index is 0.00000121. The van der Waals surface area contributed by atoms with Crippen LogP contribution in [0.15, 0.2) is 15.7 Å². The largest absolute Gasteiger partial charge is 0.477 e. The van der Waals surface area contributed by atoms with E-state index in [-0.39, 0.29) is 35.6 Å². The van der Waals surface area contributed by atoms with Crippen molar-refractivity contribution in [1.29, 1.82) is 0 Å². The van der Waals surface area contributed by atoms with E-state index in [2.05, 4.69) is 0 Å². The van der Waals surface area contributed by atoms with Gasteiger partial charge >= 0.3 is 11.7 Å². The van der Waals surface area contributed by atoms with Gasteiger partial charge in [0, 0.05) is 41.7 Å². The van der Waals surface area contributed by atoms with Crippen molar-refractivity contribution in [3.63, 3.8) is 0 Å². The van der Waals surface area contributed by atoms with E-state index in [1.165, 1.54) is 0 Å². The molecule has 0 bridgehead atoms. The maximum Gasteiger partial charge on any atom is 0.352 e. The first-order valence-electron chi connectivity index (χ1n) is 2.66. The molecule has 1 aromatic heterocycles. The SMILES string of the molecule is O=C(O)c1cc(=O)[nH]c(=O)[nH]1.[La]. The van der Waals surface area contributed by atoms with Gasteiger partial charge in [0.2, 0.25) is 0 Å². The van der Waals surface area contributed by atoms with Gasteiger partial charge in [0.25, 0.3) is 5.56 Å². The number of aromatic amines is 2. The Hall–Kier alpha value is -0.655. The van der Waals surface area contributed by atoms with Crippen LogP contribution in [-0.2, 0) is 0 Å². The van der Waals surface area contributed by atoms with Crippen LogP contribution in [-0.4, -0.2) is 21.0 Å². The third kappa shape index (κ3) is 2.76. The summed E-state index contributed by atoms with van der Waals surface area (Å²) in [6, 6.07) is 0.795. The van der Waals surface area contributed by atoms with Gasteiger partial charge in [0.15, 0.2) is 0 Å². The van der Waals surface area contributed by atoms with Crippen LogP contribution in [0.2, 0.25) is 0 Å². The van der Waals surface area contributed by atoms with Crippen molar-refractivity contribution in [2.75, 3.05) is 0 Å². The first-order valence-corrected chi connectivity index (χ1v) is 2.66. The van der Waals surface area contributed by atoms with E-state index >= 15 is 0 Å². The van der Waals surface area contributed by atoms with Crippen molar-refractivity contribution in [2.24, 2.45) is 0 Å². The fraction of sp³-hybridized carbons (Fsp3) is 0. The molecule has 0 saturated carbocycles. The van der Waals surface area contributed by atoms with Gasteiger partial charge < -0.3 is 10.1 Å². The van der Waals surface area contributed by atoms with Gasteiger partial charge in [0.1, 0.15) is 5.69 Å². The van der Waals surface area contributed by atoms with Crippen molar-refractivity contribution in [1.82, 2.24) is 9.97 Å². The number of nitrogens with one attached hydrogen (secondary N) is 2. The van der Waals surface area contributed by atoms with Crippen molar-refractivity contribution in [2.45, 2.75) is 0 Å². The number of carboxylic acid groups (broad SMARTS) is 1. The molecule has 1 rings (SSSR count). The molecule has 0 atom stereocenters. The van der Waals surface area contributed by atoms with Crippen molar-refractivity contribution >= 4 is 5.97 Å². The van der Waals surface area contributed by atoms with Gasteiger partial charge in [-0.1, -0.05) is 0 Å². The van der Waals surface area contributed by atoms with Crippen LogP contribution in [0.5, 0.6) is 0 Å². The van der Waals surface area contributed by atoms with Gasteiger partial charge in [-0.2, -0.15) is 0 Å². The summed E-state index contributed by atoms with van der Waals surface area (Å²) < 4.78 is 0. The quantitative estimate of drug-likeness (QED) is 0.603. The normalized spacial score (nSPS) is 8.67. The molecule has 6 nitrogen and oxygen atoms in total. The molecule has 3 N–H and O–H groups in total. The second-order valence-electron chi connectivity index (χ2n) is 1.81. The van der Waals surface area contributed by atoms with Crippen LogP contribution in [0.3, 0.4) is 0 Å². The Morgan fingerprint density at radius 2 is 1.92 bits per heavy atom. The first kappa shape index (κ1) is 11.3. The van der Waals surface area contributed by atoms with Crippen LogP contribution in [0.1, 0.15) is 10.5 Å². The smallest absolute Gasteiger partial charge is 0.352 e. The molecule has 61 valence electrons. The van der Waals surface area contributed by atoms with E-state index < -0.39 is 22.9 Å². The first-order chi connectivity index (χ1) is 5.09. The molecule has 1 heterocycles. The summed E-state index contributed by atoms with van der Waals surface area (Å²) in [7, 11) is 0. The average molecular weight is 295 g/mol. The van der Waals surface area contributed by atoms with E-state index in [0.717, 1.165) is 6.07 Å². The zero-order chi connectivity index (χ0) is 8.43. The van der Waals surface area contributed by atoms with Gasteiger partial charge in [-0.05, 0) is 0 Å². The second-order valence-corrected chi connectivity index (χ2v) is 1.81. The minimum absolute atomic E-state index is 0. The number of hydrogen-bond donors (Lipinski definition) is 3. The van der Waals surface area contributed by atoms with Gasteiger partial charge in [-0.3, -0.25) is 9.78 Å². The van der Waals surface area contributed by atoms with Gasteiger partial charge in [0.05, 0.1) is 0 Å². The Bertz CT molecular complexity index is 365. The zero-order valence-electron chi connectivity index (χ0n) is 5.83. The molecular formula is C5H4LaN2O4. The molecule has 1 aromatic rings. The van der Waals surface area contributed by atoms with Crippen molar-refractivity contribution in [3.8, 4) is 0 Å². The fourth-order valence-corrected chi connectivity index (χ4v) is 0.584. The number of hydrogen-bond acceptors (Lipinski definition) is 3. The van der Waals surface area contributed by atoms with Crippen LogP contribution in [0, 0.1) is 35.6 Å². The Labute approximate surface area is 93.6 Å². The van der Waals surface area contributed by atoms with Crippen LogP contribution >= 0.6 is 0 Å². The summed E-state index contributed by atoms with van der Waals surface area (Å²) in [6.45, 7) is 0. The van der Waals surface area contributed by atoms with Crippen LogP contribution in [0.4, 0.5) is 0 Å². The van der Waals surface area contributed by atoms with E-state index in [1.807, 2.05) is 9.97 Å². The molecule has 0 aliphatic heterocycles. The molecule has 0 fully saturated rings. The topological polar surface area (TPSA) is 103 Å². The Morgan fingerprint density at radius 1 is 1.33 bits per heavy atom. The molecule has 12 heavy (non-hydrogen) atoms. The third-order valence-electron chi connectivity index (χ3n) is 0.991. The van der Waals surface area contributed by atoms with Crippen molar-refractivity contribution < 1.29 is 45.5 Å². The average Bonchev–Trinajstić information content (AvgIpc) is 1.85. The summed E-state index contributed by atoms with van der Waals surface area (Å²) in [5, 5.41) is 8.31. The summed E-state index contributed by atoms with van der Waals surface area (Å²) in [5.41, 5.74) is -1.97. The Morgan fingerprint density at radius 3 is 2.33 bits per heavy atom. The summed E-state index contributed by atoms with van der Waals surface area (Å²) in [5.74, 6) is -1.34. The molecule has 0 amide bonds. The molecule has 0 saturated heterocycles. The summed E-state index contributed by atoms with van der Waals surface area (Å²) >= 11 is 0. The number of aromatic nitrogens is 2. The fourth-order valence-electron chi connectivity index (χ4n) is 0.584. The molecule has 0 aliphatic carbocycles. The molecule has 1 radical (unpaired) electrons. The molecule has 0 spiro atoms. The monoisotopic (exact) mass is 295 g/mol. The minimum Gasteiger partial charge on any atom is -0.477 e. The number of carbonyl (C=O) groups is 1. The second kappa shape index (κ2) is 4.39. The zero-order valence-corrected chi connectivity index (χ0v) is 9.45. The molecule has 0 aliphatic rings. The van der Waals surface area contributed by atoms with E-state index in [9.17, 15) is 14.4 Å². The molecule has 7 heteroatoms. The number of H-pyrrole nitrogens is 2. The number of aromatic carboxylic acids is 1. The van der Waals surface area contributed by atoms with Gasteiger partial charge in [-0.15, -0.1) is 0 Å². The standard InChI is InChI=1S/C5H4N2O4.La/c8-3-1-2(4(9)10)6-5(11)7-3;/h1H,(H,9,10)(H2,6,7,8,11);. The van der Waals surface area contributed by atoms with Crippen LogP contribution < -0.4 is 11.2 Å². The molecular weight excluding hydrogens is 291 g/mol. The summed E-state index contributed by atoms with van der Waals surface area (Å²) in [4.78, 5) is 34.9. The third-order valence-corrected chi connectivity index (χ3v) is 0.991. The molecule has 0 aromatic carbocycles. The number of rotatable bonds is 1.